The minimum absolute atomic E-state index is 0.141. The van der Waals surface area contributed by atoms with Gasteiger partial charge in [-0.15, -0.1) is 0 Å². The van der Waals surface area contributed by atoms with E-state index in [1.165, 1.54) is 0 Å². The number of benzene rings is 1. The zero-order valence-corrected chi connectivity index (χ0v) is 10.6. The lowest BCUT2D eigenvalue weighted by molar-refractivity contribution is -0.134. The first-order valence-electron chi connectivity index (χ1n) is 6.50. The summed E-state index contributed by atoms with van der Waals surface area (Å²) in [7, 11) is 0. The number of carbonyl (C=O) groups is 1. The molecule has 2 heterocycles. The van der Waals surface area contributed by atoms with Gasteiger partial charge in [-0.3, -0.25) is 9.59 Å². The van der Waals surface area contributed by atoms with Crippen LogP contribution in [0.1, 0.15) is 18.7 Å². The molecule has 0 aliphatic carbocycles. The van der Waals surface area contributed by atoms with Crippen LogP contribution in [-0.2, 0) is 11.2 Å². The van der Waals surface area contributed by atoms with E-state index in [4.69, 9.17) is 0 Å². The third-order valence-corrected chi connectivity index (χ3v) is 3.45. The second-order valence-corrected chi connectivity index (χ2v) is 4.76. The Bertz CT molecular complexity index is 674. The van der Waals surface area contributed by atoms with Crippen LogP contribution in [0.4, 0.5) is 0 Å². The number of likely N-dealkylation sites (tertiary alicyclic amines) is 1. The maximum Gasteiger partial charge on any atom is 0.258 e. The minimum atomic E-state index is -0.142. The number of H-pyrrole nitrogens is 1. The number of fused-ring (bicyclic) bond motifs is 1. The highest BCUT2D eigenvalue weighted by Crippen LogP contribution is 2.10. The largest absolute Gasteiger partial charge is 0.343 e. The normalized spacial score (nSPS) is 14.4. The van der Waals surface area contributed by atoms with Crippen LogP contribution in [0, 0.1) is 0 Å². The van der Waals surface area contributed by atoms with Crippen LogP contribution >= 0.6 is 0 Å². The molecule has 1 amide bonds. The number of nitrogens with zero attached hydrogens (tertiary/aromatic N) is 2. The molecule has 1 N–H and O–H groups in total. The second kappa shape index (κ2) is 4.84. The van der Waals surface area contributed by atoms with Crippen LogP contribution < -0.4 is 5.56 Å². The average molecular weight is 257 g/mol. The van der Waals surface area contributed by atoms with E-state index in [0.717, 1.165) is 19.5 Å². The summed E-state index contributed by atoms with van der Waals surface area (Å²) in [6.07, 6.45) is 1.98. The topological polar surface area (TPSA) is 66.1 Å². The van der Waals surface area contributed by atoms with Crippen LogP contribution in [-0.4, -0.2) is 33.9 Å². The zero-order chi connectivity index (χ0) is 13.2. The minimum Gasteiger partial charge on any atom is -0.343 e. The third kappa shape index (κ3) is 2.36. The Morgan fingerprint density at radius 2 is 2.11 bits per heavy atom. The van der Waals surface area contributed by atoms with Gasteiger partial charge in [-0.2, -0.15) is 0 Å². The van der Waals surface area contributed by atoms with Gasteiger partial charge in [0.1, 0.15) is 5.82 Å². The van der Waals surface area contributed by atoms with E-state index in [9.17, 15) is 9.59 Å². The first-order valence-corrected chi connectivity index (χ1v) is 6.50. The molecule has 1 fully saturated rings. The maximum absolute atomic E-state index is 11.9. The second-order valence-electron chi connectivity index (χ2n) is 4.76. The summed E-state index contributed by atoms with van der Waals surface area (Å²) in [5.74, 6) is 0.722. The van der Waals surface area contributed by atoms with Crippen LogP contribution in [0.15, 0.2) is 29.1 Å². The Kier molecular flexibility index (Phi) is 3.03. The number of amides is 1. The summed E-state index contributed by atoms with van der Waals surface area (Å²) in [6.45, 7) is 1.72. The first-order chi connectivity index (χ1) is 9.24. The van der Waals surface area contributed by atoms with Crippen LogP contribution in [0.2, 0.25) is 0 Å². The third-order valence-electron chi connectivity index (χ3n) is 3.45. The van der Waals surface area contributed by atoms with Crippen molar-refractivity contribution in [3.05, 3.63) is 40.4 Å². The van der Waals surface area contributed by atoms with E-state index in [-0.39, 0.29) is 11.5 Å². The average Bonchev–Trinajstić information content (AvgIpc) is 2.34. The van der Waals surface area contributed by atoms with Gasteiger partial charge in [-0.1, -0.05) is 12.1 Å². The fraction of sp³-hybridized carbons (Fsp3) is 0.357. The Morgan fingerprint density at radius 1 is 1.32 bits per heavy atom. The summed E-state index contributed by atoms with van der Waals surface area (Å²) < 4.78 is 0. The Hall–Kier alpha value is -2.17. The van der Waals surface area contributed by atoms with Gasteiger partial charge in [0, 0.05) is 25.9 Å². The number of aromatic amines is 1. The van der Waals surface area contributed by atoms with Crippen molar-refractivity contribution >= 4 is 16.8 Å². The van der Waals surface area contributed by atoms with Crippen molar-refractivity contribution in [3.63, 3.8) is 0 Å². The van der Waals surface area contributed by atoms with Gasteiger partial charge >= 0.3 is 0 Å². The van der Waals surface area contributed by atoms with Crippen LogP contribution in [0.5, 0.6) is 0 Å². The molecule has 1 aliphatic heterocycles. The van der Waals surface area contributed by atoms with Crippen molar-refractivity contribution < 1.29 is 4.79 Å². The van der Waals surface area contributed by atoms with Gasteiger partial charge in [-0.05, 0) is 18.6 Å². The van der Waals surface area contributed by atoms with Gasteiger partial charge < -0.3 is 9.88 Å². The van der Waals surface area contributed by atoms with Crippen molar-refractivity contribution in [3.8, 4) is 0 Å². The van der Waals surface area contributed by atoms with Gasteiger partial charge in [0.15, 0.2) is 0 Å². The van der Waals surface area contributed by atoms with Crippen molar-refractivity contribution in [1.82, 2.24) is 14.9 Å². The van der Waals surface area contributed by atoms with Crippen LogP contribution in [0.3, 0.4) is 0 Å². The highest BCUT2D eigenvalue weighted by atomic mass is 16.2. The standard InChI is InChI=1S/C14H15N3O2/c18-13(17-8-3-9-17)7-6-12-15-11-5-2-1-4-10(11)14(19)16-12/h1-2,4-5H,3,6-9H2,(H,15,16,19). The van der Waals surface area contributed by atoms with Crippen molar-refractivity contribution in [2.75, 3.05) is 13.1 Å². The SMILES string of the molecule is O=C(CCc1nc2ccccc2c(=O)[nH]1)N1CCC1. The molecule has 1 aliphatic rings. The van der Waals surface area contributed by atoms with Crippen molar-refractivity contribution in [2.45, 2.75) is 19.3 Å². The lowest BCUT2D eigenvalue weighted by Gasteiger charge is -2.30. The molecular weight excluding hydrogens is 242 g/mol. The smallest absolute Gasteiger partial charge is 0.258 e. The quantitative estimate of drug-likeness (QED) is 0.895. The lowest BCUT2D eigenvalue weighted by atomic mass is 10.1. The number of aryl methyl sites for hydroxylation is 1. The van der Waals surface area contributed by atoms with E-state index < -0.39 is 0 Å². The molecule has 0 spiro atoms. The highest BCUT2D eigenvalue weighted by molar-refractivity contribution is 5.78. The summed E-state index contributed by atoms with van der Waals surface area (Å²) in [5, 5.41) is 0.584. The summed E-state index contributed by atoms with van der Waals surface area (Å²) in [5.41, 5.74) is 0.537. The molecule has 0 bridgehead atoms. The van der Waals surface area contributed by atoms with E-state index in [2.05, 4.69) is 9.97 Å². The van der Waals surface area contributed by atoms with E-state index >= 15 is 0 Å². The molecule has 1 aromatic heterocycles. The van der Waals surface area contributed by atoms with Gasteiger partial charge in [0.2, 0.25) is 5.91 Å². The molecule has 19 heavy (non-hydrogen) atoms. The van der Waals surface area contributed by atoms with E-state index in [0.29, 0.717) is 29.6 Å². The molecule has 5 nitrogen and oxygen atoms in total. The number of carbonyl (C=O) groups excluding carboxylic acids is 1. The van der Waals surface area contributed by atoms with E-state index in [1.807, 2.05) is 23.1 Å². The number of para-hydroxylation sites is 1. The molecule has 2 aromatic rings. The Balaban J connectivity index is 1.77. The molecular formula is C14H15N3O2. The zero-order valence-electron chi connectivity index (χ0n) is 10.6. The summed E-state index contributed by atoms with van der Waals surface area (Å²) in [4.78, 5) is 32.6. The molecule has 1 saturated heterocycles. The Morgan fingerprint density at radius 3 is 2.84 bits per heavy atom. The number of rotatable bonds is 3. The van der Waals surface area contributed by atoms with Crippen LogP contribution in [0.25, 0.3) is 10.9 Å². The fourth-order valence-corrected chi connectivity index (χ4v) is 2.20. The molecule has 5 heteroatoms. The molecule has 1 aromatic carbocycles. The number of hydrogen-bond acceptors (Lipinski definition) is 3. The summed E-state index contributed by atoms with van der Waals surface area (Å²) >= 11 is 0. The molecule has 0 radical (unpaired) electrons. The molecule has 98 valence electrons. The van der Waals surface area contributed by atoms with Gasteiger partial charge in [0.05, 0.1) is 10.9 Å². The number of hydrogen-bond donors (Lipinski definition) is 1. The van der Waals surface area contributed by atoms with E-state index in [1.54, 1.807) is 6.07 Å². The highest BCUT2D eigenvalue weighted by Gasteiger charge is 2.19. The maximum atomic E-state index is 11.9. The Labute approximate surface area is 110 Å². The monoisotopic (exact) mass is 257 g/mol. The molecule has 0 saturated carbocycles. The predicted octanol–water partition coefficient (Wildman–Crippen LogP) is 1.09. The molecule has 3 rings (SSSR count). The fourth-order valence-electron chi connectivity index (χ4n) is 2.20. The lowest BCUT2D eigenvalue weighted by Crippen LogP contribution is -2.42. The van der Waals surface area contributed by atoms with Gasteiger partial charge in [-0.25, -0.2) is 4.98 Å². The molecule has 0 unspecified atom stereocenters. The van der Waals surface area contributed by atoms with Crippen molar-refractivity contribution in [2.24, 2.45) is 0 Å². The summed E-state index contributed by atoms with van der Waals surface area (Å²) in [6, 6.07) is 7.22. The van der Waals surface area contributed by atoms with Gasteiger partial charge in [0.25, 0.3) is 5.56 Å². The predicted molar refractivity (Wildman–Crippen MR) is 71.9 cm³/mol. The molecule has 0 atom stereocenters. The number of aromatic nitrogens is 2. The number of nitrogens with one attached hydrogen (secondary N) is 1. The van der Waals surface area contributed by atoms with Crippen molar-refractivity contribution in [1.29, 1.82) is 0 Å². The first kappa shape index (κ1) is 11.9.